The lowest BCUT2D eigenvalue weighted by molar-refractivity contribution is 0.102. The predicted octanol–water partition coefficient (Wildman–Crippen LogP) is 3.67. The van der Waals surface area contributed by atoms with Crippen molar-refractivity contribution in [3.8, 4) is 23.0 Å². The van der Waals surface area contributed by atoms with Crippen LogP contribution in [0.3, 0.4) is 0 Å². The van der Waals surface area contributed by atoms with E-state index in [1.54, 1.807) is 18.2 Å². The minimum Gasteiger partial charge on any atom is -0.493 e. The number of hydrogen-bond donors (Lipinski definition) is 2. The first-order chi connectivity index (χ1) is 16.3. The maximum absolute atomic E-state index is 14.0. The van der Waals surface area contributed by atoms with E-state index < -0.39 is 21.7 Å². The predicted molar refractivity (Wildman–Crippen MR) is 122 cm³/mol. The van der Waals surface area contributed by atoms with E-state index in [4.69, 9.17) is 18.9 Å². The molecule has 0 unspecified atom stereocenters. The second-order valence-corrected chi connectivity index (χ2v) is 8.79. The molecule has 9 nitrogen and oxygen atoms in total. The third kappa shape index (κ3) is 4.69. The zero-order valence-corrected chi connectivity index (χ0v) is 19.1. The molecule has 0 saturated carbocycles. The van der Waals surface area contributed by atoms with Crippen molar-refractivity contribution in [2.24, 2.45) is 0 Å². The first-order valence-electron chi connectivity index (χ1n) is 10.1. The van der Waals surface area contributed by atoms with E-state index in [9.17, 15) is 17.6 Å². The number of rotatable bonds is 7. The fourth-order valence-corrected chi connectivity index (χ4v) is 4.44. The Morgan fingerprint density at radius 1 is 0.971 bits per heavy atom. The Kier molecular flexibility index (Phi) is 6.46. The maximum Gasteiger partial charge on any atom is 0.262 e. The van der Waals surface area contributed by atoms with Crippen LogP contribution in [0.25, 0.3) is 0 Å². The SMILES string of the molecule is COc1cc(S(=O)(=O)Nc2ccccc2F)cc(C(=O)Nc2ccc3c(c2)OCCO3)c1OC. The molecule has 11 heteroatoms. The number of sulfonamides is 1. The lowest BCUT2D eigenvalue weighted by atomic mass is 10.1. The van der Waals surface area contributed by atoms with Gasteiger partial charge in [-0.1, -0.05) is 12.1 Å². The summed E-state index contributed by atoms with van der Waals surface area (Å²) in [6, 6.07) is 12.5. The molecule has 1 aliphatic heterocycles. The van der Waals surface area contributed by atoms with Gasteiger partial charge in [-0.2, -0.15) is 0 Å². The number of fused-ring (bicyclic) bond motifs is 1. The molecule has 0 aliphatic carbocycles. The summed E-state index contributed by atoms with van der Waals surface area (Å²) in [4.78, 5) is 12.8. The average molecular weight is 488 g/mol. The number of halogens is 1. The van der Waals surface area contributed by atoms with Gasteiger partial charge in [0.1, 0.15) is 19.0 Å². The number of hydrogen-bond acceptors (Lipinski definition) is 7. The monoisotopic (exact) mass is 488 g/mol. The molecule has 1 amide bonds. The zero-order chi connectivity index (χ0) is 24.3. The van der Waals surface area contributed by atoms with Gasteiger partial charge >= 0.3 is 0 Å². The molecule has 0 atom stereocenters. The molecule has 3 aromatic rings. The summed E-state index contributed by atoms with van der Waals surface area (Å²) in [5.41, 5.74) is 0.0539. The van der Waals surface area contributed by atoms with E-state index in [2.05, 4.69) is 10.0 Å². The van der Waals surface area contributed by atoms with Crippen LogP contribution >= 0.6 is 0 Å². The van der Waals surface area contributed by atoms with Gasteiger partial charge in [0.05, 0.1) is 30.4 Å². The number of ether oxygens (including phenoxy) is 4. The van der Waals surface area contributed by atoms with Crippen molar-refractivity contribution in [1.29, 1.82) is 0 Å². The number of nitrogens with one attached hydrogen (secondary N) is 2. The standard InChI is InChI=1S/C23H21FN2O7S/c1-30-21-13-15(34(28,29)26-18-6-4-3-5-17(18)24)12-16(22(21)31-2)23(27)25-14-7-8-19-20(11-14)33-10-9-32-19/h3-8,11-13,26H,9-10H2,1-2H3,(H,25,27). The Hall–Kier alpha value is -3.99. The summed E-state index contributed by atoms with van der Waals surface area (Å²) < 4.78 is 63.7. The van der Waals surface area contributed by atoms with Gasteiger partial charge in [-0.3, -0.25) is 9.52 Å². The number of anilines is 2. The van der Waals surface area contributed by atoms with Crippen LogP contribution in [0.1, 0.15) is 10.4 Å². The molecule has 34 heavy (non-hydrogen) atoms. The topological polar surface area (TPSA) is 112 Å². The third-order valence-electron chi connectivity index (χ3n) is 4.93. The molecular formula is C23H21FN2O7S. The highest BCUT2D eigenvalue weighted by atomic mass is 32.2. The molecule has 0 bridgehead atoms. The molecular weight excluding hydrogens is 467 g/mol. The smallest absolute Gasteiger partial charge is 0.262 e. The van der Waals surface area contributed by atoms with Gasteiger partial charge in [-0.25, -0.2) is 12.8 Å². The molecule has 3 aromatic carbocycles. The van der Waals surface area contributed by atoms with Gasteiger partial charge in [0.25, 0.3) is 15.9 Å². The van der Waals surface area contributed by atoms with Crippen molar-refractivity contribution in [3.63, 3.8) is 0 Å². The van der Waals surface area contributed by atoms with Crippen molar-refractivity contribution in [3.05, 3.63) is 66.0 Å². The summed E-state index contributed by atoms with van der Waals surface area (Å²) in [6.45, 7) is 0.808. The number of carbonyl (C=O) groups is 1. The van der Waals surface area contributed by atoms with Crippen LogP contribution in [0.2, 0.25) is 0 Å². The maximum atomic E-state index is 14.0. The third-order valence-corrected chi connectivity index (χ3v) is 6.27. The second-order valence-electron chi connectivity index (χ2n) is 7.10. The van der Waals surface area contributed by atoms with Crippen molar-refractivity contribution in [2.75, 3.05) is 37.5 Å². The summed E-state index contributed by atoms with van der Waals surface area (Å²) >= 11 is 0. The lowest BCUT2D eigenvalue weighted by Gasteiger charge is -2.19. The summed E-state index contributed by atoms with van der Waals surface area (Å²) in [5.74, 6) is -0.346. The normalized spacial score (nSPS) is 12.6. The van der Waals surface area contributed by atoms with Gasteiger partial charge in [-0.05, 0) is 30.3 Å². The van der Waals surface area contributed by atoms with Crippen LogP contribution < -0.4 is 29.0 Å². The van der Waals surface area contributed by atoms with Crippen LogP contribution in [0.15, 0.2) is 59.5 Å². The van der Waals surface area contributed by atoms with Crippen molar-refractivity contribution in [1.82, 2.24) is 0 Å². The second kappa shape index (κ2) is 9.48. The zero-order valence-electron chi connectivity index (χ0n) is 18.3. The molecule has 0 aromatic heterocycles. The van der Waals surface area contributed by atoms with Crippen molar-refractivity contribution < 1.29 is 36.6 Å². The van der Waals surface area contributed by atoms with Crippen LogP contribution in [0.5, 0.6) is 23.0 Å². The molecule has 0 radical (unpaired) electrons. The fourth-order valence-electron chi connectivity index (χ4n) is 3.33. The van der Waals surface area contributed by atoms with Gasteiger partial charge in [0.2, 0.25) is 0 Å². The minimum absolute atomic E-state index is 0.00577. The Bertz CT molecular complexity index is 1350. The highest BCUT2D eigenvalue weighted by Gasteiger charge is 2.25. The lowest BCUT2D eigenvalue weighted by Crippen LogP contribution is -2.18. The average Bonchev–Trinajstić information content (AvgIpc) is 2.84. The van der Waals surface area contributed by atoms with E-state index in [0.717, 1.165) is 12.1 Å². The number of benzene rings is 3. The van der Waals surface area contributed by atoms with E-state index in [-0.39, 0.29) is 27.6 Å². The van der Waals surface area contributed by atoms with Crippen molar-refractivity contribution in [2.45, 2.75) is 4.90 Å². The molecule has 2 N–H and O–H groups in total. The molecule has 178 valence electrons. The molecule has 1 aliphatic rings. The van der Waals surface area contributed by atoms with E-state index in [1.807, 2.05) is 0 Å². The van der Waals surface area contributed by atoms with E-state index in [1.165, 1.54) is 38.5 Å². The highest BCUT2D eigenvalue weighted by Crippen LogP contribution is 2.36. The fraction of sp³-hybridized carbons (Fsp3) is 0.174. The van der Waals surface area contributed by atoms with Gasteiger partial charge < -0.3 is 24.3 Å². The number of amides is 1. The number of carbonyl (C=O) groups excluding carboxylic acids is 1. The van der Waals surface area contributed by atoms with Crippen LogP contribution in [-0.4, -0.2) is 41.8 Å². The Labute approximate surface area is 195 Å². The molecule has 0 saturated heterocycles. The largest absolute Gasteiger partial charge is 0.493 e. The van der Waals surface area contributed by atoms with E-state index >= 15 is 0 Å². The summed E-state index contributed by atoms with van der Waals surface area (Å²) in [7, 11) is -1.65. The Morgan fingerprint density at radius 3 is 2.41 bits per heavy atom. The van der Waals surface area contributed by atoms with Gasteiger partial charge in [-0.15, -0.1) is 0 Å². The first kappa shape index (κ1) is 23.2. The summed E-state index contributed by atoms with van der Waals surface area (Å²) in [5, 5.41) is 2.69. The van der Waals surface area contributed by atoms with E-state index in [0.29, 0.717) is 30.4 Å². The van der Waals surface area contributed by atoms with Crippen LogP contribution in [0.4, 0.5) is 15.8 Å². The molecule has 1 heterocycles. The minimum atomic E-state index is -4.28. The highest BCUT2D eigenvalue weighted by molar-refractivity contribution is 7.92. The summed E-state index contributed by atoms with van der Waals surface area (Å²) in [6.07, 6.45) is 0. The molecule has 4 rings (SSSR count). The van der Waals surface area contributed by atoms with Crippen LogP contribution in [-0.2, 0) is 10.0 Å². The number of para-hydroxylation sites is 1. The van der Waals surface area contributed by atoms with Gasteiger partial charge in [0, 0.05) is 17.8 Å². The quantitative estimate of drug-likeness (QED) is 0.522. The molecule has 0 fully saturated rings. The number of methoxy groups -OCH3 is 2. The van der Waals surface area contributed by atoms with Crippen molar-refractivity contribution >= 4 is 27.3 Å². The Morgan fingerprint density at radius 2 is 1.71 bits per heavy atom. The first-order valence-corrected chi connectivity index (χ1v) is 11.5. The molecule has 0 spiro atoms. The van der Waals surface area contributed by atoms with Crippen LogP contribution in [0, 0.1) is 5.82 Å². The van der Waals surface area contributed by atoms with Gasteiger partial charge in [0.15, 0.2) is 23.0 Å². The Balaban J connectivity index is 1.69.